The van der Waals surface area contributed by atoms with Gasteiger partial charge in [0.15, 0.2) is 0 Å². The van der Waals surface area contributed by atoms with Crippen molar-refractivity contribution in [3.8, 4) is 0 Å². The molecule has 0 aromatic heterocycles. The molecular weight excluding hydrogens is 192 g/mol. The third kappa shape index (κ3) is 3.70. The monoisotopic (exact) mass is 214 g/mol. The molecule has 15 heavy (non-hydrogen) atoms. The molecule has 0 heterocycles. The van der Waals surface area contributed by atoms with E-state index in [9.17, 15) is 4.79 Å². The van der Waals surface area contributed by atoms with E-state index in [1.807, 2.05) is 20.8 Å². The first kappa shape index (κ1) is 12.3. The van der Waals surface area contributed by atoms with Gasteiger partial charge in [0.2, 0.25) is 0 Å². The van der Waals surface area contributed by atoms with E-state index < -0.39 is 5.60 Å². The Bertz CT molecular complexity index is 235. The molecule has 4 heteroatoms. The summed E-state index contributed by atoms with van der Waals surface area (Å²) in [4.78, 5) is 13.4. The van der Waals surface area contributed by atoms with E-state index >= 15 is 0 Å². The van der Waals surface area contributed by atoms with Crippen molar-refractivity contribution in [1.82, 2.24) is 4.90 Å². The topological polar surface area (TPSA) is 55.6 Å². The van der Waals surface area contributed by atoms with Crippen LogP contribution in [0.3, 0.4) is 0 Å². The molecule has 1 amide bonds. The quantitative estimate of drug-likeness (QED) is 0.723. The fraction of sp³-hybridized carbons (Fsp3) is 0.909. The summed E-state index contributed by atoms with van der Waals surface area (Å²) in [6.07, 6.45) is 2.62. The largest absolute Gasteiger partial charge is 0.444 e. The van der Waals surface area contributed by atoms with Gasteiger partial charge in [0.1, 0.15) is 5.60 Å². The molecular formula is C11H22N2O2. The molecule has 0 bridgehead atoms. The van der Waals surface area contributed by atoms with E-state index in [4.69, 9.17) is 10.5 Å². The van der Waals surface area contributed by atoms with E-state index in [0.29, 0.717) is 0 Å². The minimum atomic E-state index is -0.425. The zero-order chi connectivity index (χ0) is 11.6. The third-order valence-electron chi connectivity index (χ3n) is 2.67. The lowest BCUT2D eigenvalue weighted by Crippen LogP contribution is -2.40. The molecule has 0 radical (unpaired) electrons. The van der Waals surface area contributed by atoms with Crippen molar-refractivity contribution in [2.24, 2.45) is 5.73 Å². The van der Waals surface area contributed by atoms with Gasteiger partial charge in [0.25, 0.3) is 0 Å². The minimum Gasteiger partial charge on any atom is -0.444 e. The number of ether oxygens (including phenoxy) is 1. The summed E-state index contributed by atoms with van der Waals surface area (Å²) >= 11 is 0. The van der Waals surface area contributed by atoms with Crippen LogP contribution < -0.4 is 5.73 Å². The second-order valence-electron chi connectivity index (χ2n) is 5.32. The summed E-state index contributed by atoms with van der Waals surface area (Å²) in [5.74, 6) is 0. The first-order valence-electron chi connectivity index (χ1n) is 5.51. The molecule has 1 rings (SSSR count). The van der Waals surface area contributed by atoms with Gasteiger partial charge >= 0.3 is 6.09 Å². The van der Waals surface area contributed by atoms with Crippen LogP contribution >= 0.6 is 0 Å². The lowest BCUT2D eigenvalue weighted by atomic mass is 10.2. The van der Waals surface area contributed by atoms with E-state index in [2.05, 4.69) is 0 Å². The van der Waals surface area contributed by atoms with Gasteiger partial charge in [0, 0.05) is 19.1 Å². The molecule has 0 saturated heterocycles. The zero-order valence-electron chi connectivity index (χ0n) is 10.1. The predicted molar refractivity (Wildman–Crippen MR) is 59.6 cm³/mol. The molecule has 2 N–H and O–H groups in total. The number of rotatable bonds is 1. The van der Waals surface area contributed by atoms with Crippen molar-refractivity contribution >= 4 is 6.09 Å². The number of hydrogen-bond donors (Lipinski definition) is 1. The third-order valence-corrected chi connectivity index (χ3v) is 2.67. The van der Waals surface area contributed by atoms with Crippen LogP contribution in [0.2, 0.25) is 0 Å². The van der Waals surface area contributed by atoms with Crippen molar-refractivity contribution in [1.29, 1.82) is 0 Å². The zero-order valence-corrected chi connectivity index (χ0v) is 10.1. The maximum Gasteiger partial charge on any atom is 0.410 e. The van der Waals surface area contributed by atoms with Crippen molar-refractivity contribution < 1.29 is 9.53 Å². The highest BCUT2D eigenvalue weighted by Gasteiger charge is 2.30. The van der Waals surface area contributed by atoms with E-state index in [1.165, 1.54) is 0 Å². The second-order valence-corrected chi connectivity index (χ2v) is 5.32. The van der Waals surface area contributed by atoms with Crippen LogP contribution in [0.5, 0.6) is 0 Å². The van der Waals surface area contributed by atoms with E-state index in [-0.39, 0.29) is 18.2 Å². The Labute approximate surface area is 91.8 Å². The molecule has 4 nitrogen and oxygen atoms in total. The van der Waals surface area contributed by atoms with Crippen LogP contribution in [0.25, 0.3) is 0 Å². The van der Waals surface area contributed by atoms with Gasteiger partial charge in [-0.2, -0.15) is 0 Å². The van der Waals surface area contributed by atoms with Crippen LogP contribution in [-0.4, -0.2) is 35.7 Å². The summed E-state index contributed by atoms with van der Waals surface area (Å²) in [5.41, 5.74) is 5.39. The van der Waals surface area contributed by atoms with Crippen LogP contribution in [0.1, 0.15) is 40.0 Å². The Morgan fingerprint density at radius 1 is 1.40 bits per heavy atom. The van der Waals surface area contributed by atoms with Crippen LogP contribution in [-0.2, 0) is 4.74 Å². The van der Waals surface area contributed by atoms with Gasteiger partial charge in [0.05, 0.1) is 0 Å². The lowest BCUT2D eigenvalue weighted by molar-refractivity contribution is 0.0226. The SMILES string of the molecule is CN(C(=O)OC(C)(C)C)C1CCC(N)C1. The van der Waals surface area contributed by atoms with E-state index in [1.54, 1.807) is 11.9 Å². The van der Waals surface area contributed by atoms with Gasteiger partial charge in [-0.15, -0.1) is 0 Å². The van der Waals surface area contributed by atoms with Crippen LogP contribution in [0.15, 0.2) is 0 Å². The van der Waals surface area contributed by atoms with Gasteiger partial charge in [-0.25, -0.2) is 4.79 Å². The van der Waals surface area contributed by atoms with Crippen molar-refractivity contribution in [3.05, 3.63) is 0 Å². The fourth-order valence-corrected chi connectivity index (χ4v) is 1.83. The number of carbonyl (C=O) groups is 1. The molecule has 2 atom stereocenters. The highest BCUT2D eigenvalue weighted by atomic mass is 16.6. The first-order valence-corrected chi connectivity index (χ1v) is 5.51. The van der Waals surface area contributed by atoms with Crippen LogP contribution in [0, 0.1) is 0 Å². The molecule has 0 spiro atoms. The normalized spacial score (nSPS) is 26.5. The van der Waals surface area contributed by atoms with Crippen molar-refractivity contribution in [2.45, 2.75) is 57.7 Å². The number of carbonyl (C=O) groups excluding carboxylic acids is 1. The second kappa shape index (κ2) is 4.39. The Balaban J connectivity index is 2.46. The average molecular weight is 214 g/mol. The van der Waals surface area contributed by atoms with Gasteiger partial charge < -0.3 is 15.4 Å². The maximum absolute atomic E-state index is 11.7. The lowest BCUT2D eigenvalue weighted by Gasteiger charge is -2.28. The minimum absolute atomic E-state index is 0.236. The number of nitrogens with two attached hydrogens (primary N) is 1. The van der Waals surface area contributed by atoms with Crippen molar-refractivity contribution in [3.63, 3.8) is 0 Å². The predicted octanol–water partition coefficient (Wildman–Crippen LogP) is 1.73. The summed E-state index contributed by atoms with van der Waals surface area (Å²) < 4.78 is 5.29. The fourth-order valence-electron chi connectivity index (χ4n) is 1.83. The Kier molecular flexibility index (Phi) is 3.60. The summed E-state index contributed by atoms with van der Waals surface area (Å²) in [5, 5.41) is 0. The summed E-state index contributed by atoms with van der Waals surface area (Å²) in [7, 11) is 1.79. The van der Waals surface area contributed by atoms with E-state index in [0.717, 1.165) is 19.3 Å². The van der Waals surface area contributed by atoms with Crippen LogP contribution in [0.4, 0.5) is 4.79 Å². The average Bonchev–Trinajstić information content (AvgIpc) is 2.47. The first-order chi connectivity index (χ1) is 6.79. The number of hydrogen-bond acceptors (Lipinski definition) is 3. The van der Waals surface area contributed by atoms with Gasteiger partial charge in [-0.05, 0) is 40.0 Å². The Hall–Kier alpha value is -0.770. The van der Waals surface area contributed by atoms with Crippen molar-refractivity contribution in [2.75, 3.05) is 7.05 Å². The highest BCUT2D eigenvalue weighted by Crippen LogP contribution is 2.23. The van der Waals surface area contributed by atoms with Gasteiger partial charge in [-0.1, -0.05) is 0 Å². The molecule has 0 aromatic rings. The molecule has 1 aliphatic rings. The Morgan fingerprint density at radius 2 is 2.00 bits per heavy atom. The molecule has 0 aliphatic heterocycles. The van der Waals surface area contributed by atoms with Gasteiger partial charge in [-0.3, -0.25) is 0 Å². The molecule has 88 valence electrons. The molecule has 1 aliphatic carbocycles. The molecule has 0 aromatic carbocycles. The number of nitrogens with zero attached hydrogens (tertiary/aromatic N) is 1. The summed E-state index contributed by atoms with van der Waals surface area (Å²) in [6, 6.07) is 0.481. The highest BCUT2D eigenvalue weighted by molar-refractivity contribution is 5.68. The molecule has 1 fully saturated rings. The Morgan fingerprint density at radius 3 is 2.40 bits per heavy atom. The molecule has 1 saturated carbocycles. The summed E-state index contributed by atoms with van der Waals surface area (Å²) in [6.45, 7) is 5.62. The number of amides is 1. The standard InChI is InChI=1S/C11H22N2O2/c1-11(2,3)15-10(14)13(4)9-6-5-8(12)7-9/h8-9H,5-7,12H2,1-4H3. The smallest absolute Gasteiger partial charge is 0.410 e. The molecule has 2 unspecified atom stereocenters. The maximum atomic E-state index is 11.7.